The number of ketones is 1. The van der Waals surface area contributed by atoms with E-state index < -0.39 is 0 Å². The van der Waals surface area contributed by atoms with Gasteiger partial charge in [-0.3, -0.25) is 4.79 Å². The van der Waals surface area contributed by atoms with Crippen molar-refractivity contribution in [2.24, 2.45) is 0 Å². The number of carbonyl (C=O) groups is 1. The Morgan fingerprint density at radius 2 is 1.72 bits per heavy atom. The van der Waals surface area contributed by atoms with Crippen molar-refractivity contribution in [3.05, 3.63) is 75.8 Å². The SMILES string of the molecule is Cc1ccccc1C=CC(=O)c1ccccc1Br. The van der Waals surface area contributed by atoms with Gasteiger partial charge in [-0.1, -0.05) is 58.4 Å². The summed E-state index contributed by atoms with van der Waals surface area (Å²) >= 11 is 3.38. The highest BCUT2D eigenvalue weighted by Gasteiger charge is 2.05. The van der Waals surface area contributed by atoms with Gasteiger partial charge in [0, 0.05) is 10.0 Å². The Kier molecular flexibility index (Phi) is 4.11. The molecule has 1 nitrogen and oxygen atoms in total. The van der Waals surface area contributed by atoms with Crippen LogP contribution in [-0.2, 0) is 0 Å². The average Bonchev–Trinajstić information content (AvgIpc) is 2.38. The molecule has 0 heterocycles. The van der Waals surface area contributed by atoms with Gasteiger partial charge >= 0.3 is 0 Å². The van der Waals surface area contributed by atoms with E-state index in [0.29, 0.717) is 5.56 Å². The fourth-order valence-corrected chi connectivity index (χ4v) is 2.17. The lowest BCUT2D eigenvalue weighted by Gasteiger charge is -2.00. The molecular weight excluding hydrogens is 288 g/mol. The van der Waals surface area contributed by atoms with Crippen LogP contribution in [0.1, 0.15) is 21.5 Å². The maximum absolute atomic E-state index is 12.0. The van der Waals surface area contributed by atoms with E-state index in [9.17, 15) is 4.79 Å². The van der Waals surface area contributed by atoms with Crippen LogP contribution in [0.25, 0.3) is 6.08 Å². The van der Waals surface area contributed by atoms with Gasteiger partial charge in [-0.2, -0.15) is 0 Å². The molecule has 2 heteroatoms. The number of allylic oxidation sites excluding steroid dienone is 1. The van der Waals surface area contributed by atoms with Crippen LogP contribution in [-0.4, -0.2) is 5.78 Å². The molecule has 0 atom stereocenters. The van der Waals surface area contributed by atoms with Crippen molar-refractivity contribution in [1.82, 2.24) is 0 Å². The first-order valence-corrected chi connectivity index (χ1v) is 6.50. The molecular formula is C16H13BrO. The highest BCUT2D eigenvalue weighted by molar-refractivity contribution is 9.10. The molecule has 0 saturated carbocycles. The normalized spacial score (nSPS) is 10.8. The van der Waals surface area contributed by atoms with Crippen molar-refractivity contribution in [2.45, 2.75) is 6.92 Å². The number of benzene rings is 2. The number of hydrogen-bond acceptors (Lipinski definition) is 1. The van der Waals surface area contributed by atoms with Gasteiger partial charge in [-0.15, -0.1) is 0 Å². The maximum atomic E-state index is 12.0. The second-order valence-electron chi connectivity index (χ2n) is 4.03. The first-order chi connectivity index (χ1) is 8.68. The van der Waals surface area contributed by atoms with Gasteiger partial charge in [0.1, 0.15) is 0 Å². The van der Waals surface area contributed by atoms with Crippen molar-refractivity contribution in [3.63, 3.8) is 0 Å². The Morgan fingerprint density at radius 3 is 2.44 bits per heavy atom. The Hall–Kier alpha value is -1.67. The molecule has 0 bridgehead atoms. The molecule has 0 aliphatic rings. The summed E-state index contributed by atoms with van der Waals surface area (Å²) in [6, 6.07) is 15.4. The fraction of sp³-hybridized carbons (Fsp3) is 0.0625. The highest BCUT2D eigenvalue weighted by Crippen LogP contribution is 2.17. The van der Waals surface area contributed by atoms with Crippen LogP contribution in [0.15, 0.2) is 59.1 Å². The van der Waals surface area contributed by atoms with E-state index in [1.807, 2.05) is 61.5 Å². The Morgan fingerprint density at radius 1 is 1.06 bits per heavy atom. The van der Waals surface area contributed by atoms with Gasteiger partial charge in [0.05, 0.1) is 0 Å². The van der Waals surface area contributed by atoms with Crippen LogP contribution >= 0.6 is 15.9 Å². The van der Waals surface area contributed by atoms with Crippen LogP contribution in [0.5, 0.6) is 0 Å². The number of rotatable bonds is 3. The second kappa shape index (κ2) is 5.78. The number of carbonyl (C=O) groups excluding carboxylic acids is 1. The standard InChI is InChI=1S/C16H13BrO/c1-12-6-2-3-7-13(12)10-11-16(18)14-8-4-5-9-15(14)17/h2-11H,1H3. The van der Waals surface area contributed by atoms with Crippen molar-refractivity contribution >= 4 is 27.8 Å². The van der Waals surface area contributed by atoms with E-state index in [0.717, 1.165) is 15.6 Å². The van der Waals surface area contributed by atoms with Gasteiger partial charge in [-0.05, 0) is 36.3 Å². The van der Waals surface area contributed by atoms with Crippen molar-refractivity contribution < 1.29 is 4.79 Å². The minimum absolute atomic E-state index is 0.00530. The first kappa shape index (κ1) is 12.8. The zero-order chi connectivity index (χ0) is 13.0. The third-order valence-electron chi connectivity index (χ3n) is 2.74. The molecule has 2 aromatic carbocycles. The van der Waals surface area contributed by atoms with Crippen LogP contribution in [0, 0.1) is 6.92 Å². The predicted molar refractivity (Wildman–Crippen MR) is 78.7 cm³/mol. The maximum Gasteiger partial charge on any atom is 0.186 e. The molecule has 0 spiro atoms. The molecule has 0 fully saturated rings. The smallest absolute Gasteiger partial charge is 0.186 e. The van der Waals surface area contributed by atoms with E-state index in [1.165, 1.54) is 0 Å². The third kappa shape index (κ3) is 2.96. The molecule has 0 radical (unpaired) electrons. The Bertz CT molecular complexity index is 600. The molecule has 0 saturated heterocycles. The molecule has 0 aromatic heterocycles. The summed E-state index contributed by atoms with van der Waals surface area (Å²) in [7, 11) is 0. The summed E-state index contributed by atoms with van der Waals surface area (Å²) in [5.74, 6) is 0.00530. The molecule has 90 valence electrons. The first-order valence-electron chi connectivity index (χ1n) is 5.71. The van der Waals surface area contributed by atoms with Crippen molar-refractivity contribution in [1.29, 1.82) is 0 Å². The summed E-state index contributed by atoms with van der Waals surface area (Å²) in [4.78, 5) is 12.0. The Labute approximate surface area is 115 Å². The lowest BCUT2D eigenvalue weighted by atomic mass is 10.1. The van der Waals surface area contributed by atoms with E-state index in [2.05, 4.69) is 15.9 Å². The minimum Gasteiger partial charge on any atom is -0.289 e. The molecule has 0 amide bonds. The van der Waals surface area contributed by atoms with Gasteiger partial charge in [-0.25, -0.2) is 0 Å². The summed E-state index contributed by atoms with van der Waals surface area (Å²) in [6.07, 6.45) is 3.47. The monoisotopic (exact) mass is 300 g/mol. The lowest BCUT2D eigenvalue weighted by molar-refractivity contribution is 0.104. The van der Waals surface area contributed by atoms with E-state index >= 15 is 0 Å². The Balaban J connectivity index is 2.23. The molecule has 0 aliphatic carbocycles. The fourth-order valence-electron chi connectivity index (χ4n) is 1.69. The van der Waals surface area contributed by atoms with Crippen LogP contribution in [0.4, 0.5) is 0 Å². The summed E-state index contributed by atoms with van der Waals surface area (Å²) in [5, 5.41) is 0. The molecule has 18 heavy (non-hydrogen) atoms. The average molecular weight is 301 g/mol. The zero-order valence-corrected chi connectivity index (χ0v) is 11.6. The van der Waals surface area contributed by atoms with Crippen LogP contribution in [0.2, 0.25) is 0 Å². The molecule has 0 unspecified atom stereocenters. The quantitative estimate of drug-likeness (QED) is 0.595. The predicted octanol–water partition coefficient (Wildman–Crippen LogP) is 4.65. The highest BCUT2D eigenvalue weighted by atomic mass is 79.9. The minimum atomic E-state index is 0.00530. The molecule has 2 rings (SSSR count). The summed E-state index contributed by atoms with van der Waals surface area (Å²) in [6.45, 7) is 2.03. The largest absolute Gasteiger partial charge is 0.289 e. The zero-order valence-electron chi connectivity index (χ0n) is 10.1. The topological polar surface area (TPSA) is 17.1 Å². The van der Waals surface area contributed by atoms with E-state index in [1.54, 1.807) is 6.08 Å². The summed E-state index contributed by atoms with van der Waals surface area (Å²) in [5.41, 5.74) is 2.91. The molecule has 0 aliphatic heterocycles. The van der Waals surface area contributed by atoms with Crippen molar-refractivity contribution in [3.8, 4) is 0 Å². The number of aryl methyl sites for hydroxylation is 1. The molecule has 2 aromatic rings. The van der Waals surface area contributed by atoms with Gasteiger partial charge in [0.2, 0.25) is 0 Å². The third-order valence-corrected chi connectivity index (χ3v) is 3.43. The lowest BCUT2D eigenvalue weighted by Crippen LogP contribution is -1.95. The molecule has 0 N–H and O–H groups in total. The number of hydrogen-bond donors (Lipinski definition) is 0. The van der Waals surface area contributed by atoms with Gasteiger partial charge in [0.25, 0.3) is 0 Å². The summed E-state index contributed by atoms with van der Waals surface area (Å²) < 4.78 is 0.824. The van der Waals surface area contributed by atoms with Crippen LogP contribution < -0.4 is 0 Å². The number of halogens is 1. The van der Waals surface area contributed by atoms with E-state index in [-0.39, 0.29) is 5.78 Å². The van der Waals surface area contributed by atoms with Gasteiger partial charge in [0.15, 0.2) is 5.78 Å². The second-order valence-corrected chi connectivity index (χ2v) is 4.89. The van der Waals surface area contributed by atoms with Crippen molar-refractivity contribution in [2.75, 3.05) is 0 Å². The van der Waals surface area contributed by atoms with Gasteiger partial charge < -0.3 is 0 Å². The van der Waals surface area contributed by atoms with Crippen LogP contribution in [0.3, 0.4) is 0 Å². The van der Waals surface area contributed by atoms with E-state index in [4.69, 9.17) is 0 Å².